The quantitative estimate of drug-likeness (QED) is 0.634. The molecule has 0 saturated heterocycles. The largest absolute Gasteiger partial charge is 0.469 e. The summed E-state index contributed by atoms with van der Waals surface area (Å²) in [6.07, 6.45) is 8.38. The highest BCUT2D eigenvalue weighted by molar-refractivity contribution is 5.68. The van der Waals surface area contributed by atoms with Gasteiger partial charge in [-0.2, -0.15) is 0 Å². The zero-order valence-electron chi connectivity index (χ0n) is 9.42. The number of hydrogen-bond donors (Lipinski definition) is 0. The average molecular weight is 198 g/mol. The van der Waals surface area contributed by atoms with Crippen LogP contribution in [0.1, 0.15) is 51.9 Å². The second-order valence-electron chi connectivity index (χ2n) is 4.49. The fraction of sp³-hybridized carbons (Fsp3) is 0.917. The van der Waals surface area contributed by atoms with Crippen LogP contribution < -0.4 is 0 Å². The van der Waals surface area contributed by atoms with Crippen LogP contribution in [-0.4, -0.2) is 13.1 Å². The van der Waals surface area contributed by atoms with E-state index in [1.807, 2.05) is 0 Å². The van der Waals surface area contributed by atoms with Gasteiger partial charge in [0.15, 0.2) is 0 Å². The molecular weight excluding hydrogens is 176 g/mol. The maximum atomic E-state index is 10.9. The van der Waals surface area contributed by atoms with Crippen molar-refractivity contribution in [2.75, 3.05) is 7.11 Å². The van der Waals surface area contributed by atoms with Gasteiger partial charge in [0.1, 0.15) is 0 Å². The van der Waals surface area contributed by atoms with E-state index in [1.54, 1.807) is 0 Å². The first-order valence-corrected chi connectivity index (χ1v) is 5.81. The van der Waals surface area contributed by atoms with Crippen LogP contribution in [0.4, 0.5) is 0 Å². The van der Waals surface area contributed by atoms with Crippen LogP contribution in [0.2, 0.25) is 0 Å². The Morgan fingerprint density at radius 3 is 2.64 bits per heavy atom. The smallest absolute Gasteiger partial charge is 0.305 e. The second kappa shape index (κ2) is 6.05. The predicted molar refractivity (Wildman–Crippen MR) is 57.0 cm³/mol. The number of hydrogen-bond acceptors (Lipinski definition) is 2. The molecule has 0 aromatic carbocycles. The summed E-state index contributed by atoms with van der Waals surface area (Å²) >= 11 is 0. The Kier molecular flexibility index (Phi) is 4.99. The lowest BCUT2D eigenvalue weighted by atomic mass is 9.88. The van der Waals surface area contributed by atoms with E-state index >= 15 is 0 Å². The van der Waals surface area contributed by atoms with Crippen molar-refractivity contribution in [3.63, 3.8) is 0 Å². The monoisotopic (exact) mass is 198 g/mol. The first-order chi connectivity index (χ1) is 6.74. The zero-order chi connectivity index (χ0) is 10.4. The molecule has 0 aromatic rings. The normalized spacial score (nSPS) is 19.6. The molecule has 1 aliphatic carbocycles. The van der Waals surface area contributed by atoms with Gasteiger partial charge in [0.2, 0.25) is 0 Å². The lowest BCUT2D eigenvalue weighted by molar-refractivity contribution is -0.140. The van der Waals surface area contributed by atoms with Crippen LogP contribution in [0.3, 0.4) is 0 Å². The summed E-state index contributed by atoms with van der Waals surface area (Å²) in [7, 11) is 1.46. The van der Waals surface area contributed by atoms with Crippen molar-refractivity contribution in [3.05, 3.63) is 0 Å². The van der Waals surface area contributed by atoms with E-state index in [4.69, 9.17) is 0 Å². The van der Waals surface area contributed by atoms with Crippen molar-refractivity contribution in [2.24, 2.45) is 11.8 Å². The van der Waals surface area contributed by atoms with Gasteiger partial charge in [0.25, 0.3) is 0 Å². The number of esters is 1. The molecule has 14 heavy (non-hydrogen) atoms. The SMILES string of the molecule is COC(=O)CCCC(C)C1CCCC1. The highest BCUT2D eigenvalue weighted by Crippen LogP contribution is 2.33. The molecule has 2 nitrogen and oxygen atoms in total. The van der Waals surface area contributed by atoms with E-state index in [0.717, 1.165) is 18.3 Å². The molecule has 1 aliphatic rings. The Hall–Kier alpha value is -0.530. The minimum atomic E-state index is -0.0661. The molecule has 0 radical (unpaired) electrons. The van der Waals surface area contributed by atoms with Crippen molar-refractivity contribution in [3.8, 4) is 0 Å². The molecule has 0 amide bonds. The lowest BCUT2D eigenvalue weighted by Crippen LogP contribution is -2.09. The molecule has 0 heterocycles. The van der Waals surface area contributed by atoms with E-state index in [-0.39, 0.29) is 5.97 Å². The van der Waals surface area contributed by atoms with Crippen LogP contribution in [0.25, 0.3) is 0 Å². The molecule has 0 bridgehead atoms. The first kappa shape index (κ1) is 11.5. The fourth-order valence-corrected chi connectivity index (χ4v) is 2.43. The number of methoxy groups -OCH3 is 1. The van der Waals surface area contributed by atoms with Gasteiger partial charge in [-0.3, -0.25) is 4.79 Å². The zero-order valence-corrected chi connectivity index (χ0v) is 9.42. The van der Waals surface area contributed by atoms with Gasteiger partial charge in [-0.15, -0.1) is 0 Å². The van der Waals surface area contributed by atoms with Crippen molar-refractivity contribution >= 4 is 5.97 Å². The number of rotatable bonds is 5. The molecule has 1 unspecified atom stereocenters. The Bertz CT molecular complexity index is 171. The first-order valence-electron chi connectivity index (χ1n) is 5.81. The number of carbonyl (C=O) groups excluding carboxylic acids is 1. The summed E-state index contributed by atoms with van der Waals surface area (Å²) in [5.74, 6) is 1.65. The summed E-state index contributed by atoms with van der Waals surface area (Å²) in [5.41, 5.74) is 0. The van der Waals surface area contributed by atoms with Crippen LogP contribution in [0, 0.1) is 11.8 Å². The highest BCUT2D eigenvalue weighted by atomic mass is 16.5. The standard InChI is InChI=1S/C12H22O2/c1-10(11-7-3-4-8-11)6-5-9-12(13)14-2/h10-11H,3-9H2,1-2H3. The molecule has 0 aliphatic heterocycles. The molecular formula is C12H22O2. The predicted octanol–water partition coefficient (Wildman–Crippen LogP) is 3.16. The second-order valence-corrected chi connectivity index (χ2v) is 4.49. The molecule has 0 aromatic heterocycles. The van der Waals surface area contributed by atoms with Crippen molar-refractivity contribution in [1.82, 2.24) is 0 Å². The van der Waals surface area contributed by atoms with Crippen LogP contribution in [0.15, 0.2) is 0 Å². The third kappa shape index (κ3) is 3.69. The number of ether oxygens (including phenoxy) is 1. The summed E-state index contributed by atoms with van der Waals surface area (Å²) in [4.78, 5) is 10.9. The summed E-state index contributed by atoms with van der Waals surface area (Å²) in [5, 5.41) is 0. The lowest BCUT2D eigenvalue weighted by Gasteiger charge is -2.17. The van der Waals surface area contributed by atoms with Gasteiger partial charge in [-0.1, -0.05) is 32.6 Å². The van der Waals surface area contributed by atoms with Gasteiger partial charge in [0, 0.05) is 6.42 Å². The Morgan fingerprint density at radius 1 is 1.43 bits per heavy atom. The highest BCUT2D eigenvalue weighted by Gasteiger charge is 2.21. The molecule has 0 spiro atoms. The average Bonchev–Trinajstić information content (AvgIpc) is 2.70. The van der Waals surface area contributed by atoms with Crippen LogP contribution in [-0.2, 0) is 9.53 Å². The Labute approximate surface area is 87.0 Å². The molecule has 1 saturated carbocycles. The van der Waals surface area contributed by atoms with E-state index < -0.39 is 0 Å². The van der Waals surface area contributed by atoms with Crippen molar-refractivity contribution in [2.45, 2.75) is 51.9 Å². The summed E-state index contributed by atoms with van der Waals surface area (Å²) in [6, 6.07) is 0. The van der Waals surface area contributed by atoms with Gasteiger partial charge in [0.05, 0.1) is 7.11 Å². The fourth-order valence-electron chi connectivity index (χ4n) is 2.43. The molecule has 2 heteroatoms. The molecule has 1 rings (SSSR count). The third-order valence-electron chi connectivity index (χ3n) is 3.47. The minimum Gasteiger partial charge on any atom is -0.469 e. The van der Waals surface area contributed by atoms with E-state index in [2.05, 4.69) is 11.7 Å². The Morgan fingerprint density at radius 2 is 2.07 bits per heavy atom. The summed E-state index contributed by atoms with van der Waals surface area (Å²) < 4.78 is 4.62. The van der Waals surface area contributed by atoms with E-state index in [0.29, 0.717) is 6.42 Å². The maximum absolute atomic E-state index is 10.9. The van der Waals surface area contributed by atoms with Crippen LogP contribution >= 0.6 is 0 Å². The van der Waals surface area contributed by atoms with Crippen LogP contribution in [0.5, 0.6) is 0 Å². The number of carbonyl (C=O) groups is 1. The summed E-state index contributed by atoms with van der Waals surface area (Å²) in [6.45, 7) is 2.33. The molecule has 1 fully saturated rings. The maximum Gasteiger partial charge on any atom is 0.305 e. The topological polar surface area (TPSA) is 26.3 Å². The Balaban J connectivity index is 2.08. The van der Waals surface area contributed by atoms with Crippen molar-refractivity contribution < 1.29 is 9.53 Å². The van der Waals surface area contributed by atoms with E-state index in [9.17, 15) is 4.79 Å². The van der Waals surface area contributed by atoms with Gasteiger partial charge >= 0.3 is 5.97 Å². The van der Waals surface area contributed by atoms with Gasteiger partial charge in [-0.05, 0) is 24.7 Å². The van der Waals surface area contributed by atoms with Gasteiger partial charge < -0.3 is 4.74 Å². The van der Waals surface area contributed by atoms with Crippen molar-refractivity contribution in [1.29, 1.82) is 0 Å². The molecule has 82 valence electrons. The van der Waals surface area contributed by atoms with Gasteiger partial charge in [-0.25, -0.2) is 0 Å². The third-order valence-corrected chi connectivity index (χ3v) is 3.47. The van der Waals surface area contributed by atoms with E-state index in [1.165, 1.54) is 39.2 Å². The molecule has 1 atom stereocenters. The molecule has 0 N–H and O–H groups in total. The minimum absolute atomic E-state index is 0.0661.